The summed E-state index contributed by atoms with van der Waals surface area (Å²) in [4.78, 5) is 16.1. The predicted octanol–water partition coefficient (Wildman–Crippen LogP) is 3.97. The van der Waals surface area contributed by atoms with Gasteiger partial charge in [-0.2, -0.15) is 0 Å². The smallest absolute Gasteiger partial charge is 0.410 e. The van der Waals surface area contributed by atoms with Crippen molar-refractivity contribution in [2.24, 2.45) is 0 Å². The topological polar surface area (TPSA) is 32.8 Å². The molecule has 1 fully saturated rings. The fourth-order valence-corrected chi connectivity index (χ4v) is 2.95. The van der Waals surface area contributed by atoms with Gasteiger partial charge in [-0.05, 0) is 64.3 Å². The summed E-state index contributed by atoms with van der Waals surface area (Å²) in [7, 11) is 1.80. The molecule has 1 aliphatic rings. The van der Waals surface area contributed by atoms with Crippen LogP contribution in [0.25, 0.3) is 0 Å². The molecule has 4 nitrogen and oxygen atoms in total. The zero-order valence-corrected chi connectivity index (χ0v) is 14.7. The van der Waals surface area contributed by atoms with Gasteiger partial charge in [-0.25, -0.2) is 9.18 Å². The average molecular weight is 322 g/mol. The second-order valence-electron chi connectivity index (χ2n) is 7.24. The molecule has 1 heterocycles. The number of ether oxygens (including phenoxy) is 1. The Morgan fingerprint density at radius 3 is 2.43 bits per heavy atom. The number of carbonyl (C=O) groups is 1. The second-order valence-corrected chi connectivity index (χ2v) is 7.24. The van der Waals surface area contributed by atoms with E-state index in [0.717, 1.165) is 37.2 Å². The summed E-state index contributed by atoms with van der Waals surface area (Å²) in [5.41, 5.74) is 1.55. The lowest BCUT2D eigenvalue weighted by Gasteiger charge is -2.38. The van der Waals surface area contributed by atoms with E-state index < -0.39 is 5.60 Å². The molecular formula is C18H27FN2O2. The maximum Gasteiger partial charge on any atom is 0.410 e. The highest BCUT2D eigenvalue weighted by atomic mass is 19.1. The molecule has 1 aromatic carbocycles. The SMILES string of the molecule is Cc1cc(F)ccc1N1CCC(N(C)C(=O)OC(C)(C)C)CC1. The number of hydrogen-bond acceptors (Lipinski definition) is 3. The zero-order valence-electron chi connectivity index (χ0n) is 14.7. The molecule has 0 N–H and O–H groups in total. The first-order valence-corrected chi connectivity index (χ1v) is 8.14. The van der Waals surface area contributed by atoms with E-state index in [9.17, 15) is 9.18 Å². The largest absolute Gasteiger partial charge is 0.444 e. The Bertz CT molecular complexity index is 561. The van der Waals surface area contributed by atoms with Crippen LogP contribution in [0.3, 0.4) is 0 Å². The second kappa shape index (κ2) is 6.77. The predicted molar refractivity (Wildman–Crippen MR) is 90.4 cm³/mol. The molecule has 128 valence electrons. The quantitative estimate of drug-likeness (QED) is 0.826. The number of aryl methyl sites for hydroxylation is 1. The number of nitrogens with zero attached hydrogens (tertiary/aromatic N) is 2. The van der Waals surface area contributed by atoms with Gasteiger partial charge in [0, 0.05) is 31.9 Å². The summed E-state index contributed by atoms with van der Waals surface area (Å²) in [5, 5.41) is 0. The van der Waals surface area contributed by atoms with Gasteiger partial charge in [0.05, 0.1) is 0 Å². The summed E-state index contributed by atoms with van der Waals surface area (Å²) in [6, 6.07) is 5.08. The molecule has 2 rings (SSSR count). The molecule has 23 heavy (non-hydrogen) atoms. The number of rotatable bonds is 2. The molecule has 1 saturated heterocycles. The van der Waals surface area contributed by atoms with Crippen LogP contribution in [0.15, 0.2) is 18.2 Å². The number of hydrogen-bond donors (Lipinski definition) is 0. The van der Waals surface area contributed by atoms with Crippen molar-refractivity contribution in [2.75, 3.05) is 25.0 Å². The van der Waals surface area contributed by atoms with Gasteiger partial charge in [0.15, 0.2) is 0 Å². The van der Waals surface area contributed by atoms with Crippen LogP contribution in [0.1, 0.15) is 39.2 Å². The number of halogens is 1. The third kappa shape index (κ3) is 4.60. The van der Waals surface area contributed by atoms with Crippen LogP contribution in [0.5, 0.6) is 0 Å². The van der Waals surface area contributed by atoms with E-state index >= 15 is 0 Å². The van der Waals surface area contributed by atoms with Gasteiger partial charge < -0.3 is 14.5 Å². The third-order valence-corrected chi connectivity index (χ3v) is 4.19. The molecule has 1 aliphatic heterocycles. The fraction of sp³-hybridized carbons (Fsp3) is 0.611. The molecule has 5 heteroatoms. The molecule has 0 aliphatic carbocycles. The molecule has 1 aromatic rings. The van der Waals surface area contributed by atoms with Crippen molar-refractivity contribution < 1.29 is 13.9 Å². The van der Waals surface area contributed by atoms with Crippen molar-refractivity contribution in [1.82, 2.24) is 4.90 Å². The van der Waals surface area contributed by atoms with Gasteiger partial charge in [0.2, 0.25) is 0 Å². The van der Waals surface area contributed by atoms with Crippen LogP contribution in [-0.2, 0) is 4.74 Å². The van der Waals surface area contributed by atoms with E-state index in [1.807, 2.05) is 33.8 Å². The molecule has 0 aromatic heterocycles. The van der Waals surface area contributed by atoms with E-state index in [0.29, 0.717) is 0 Å². The van der Waals surface area contributed by atoms with Crippen molar-refractivity contribution in [3.05, 3.63) is 29.6 Å². The number of amides is 1. The molecule has 0 radical (unpaired) electrons. The van der Waals surface area contributed by atoms with E-state index in [-0.39, 0.29) is 18.0 Å². The van der Waals surface area contributed by atoms with Gasteiger partial charge in [-0.15, -0.1) is 0 Å². The van der Waals surface area contributed by atoms with E-state index in [1.54, 1.807) is 18.0 Å². The first-order valence-electron chi connectivity index (χ1n) is 8.14. The maximum absolute atomic E-state index is 13.2. The molecular weight excluding hydrogens is 295 g/mol. The minimum atomic E-state index is -0.475. The van der Waals surface area contributed by atoms with E-state index in [2.05, 4.69) is 4.90 Å². The standard InChI is InChI=1S/C18H27FN2O2/c1-13-12-14(19)6-7-16(13)21-10-8-15(9-11-21)20(5)17(22)23-18(2,3)4/h6-7,12,15H,8-11H2,1-5H3. The van der Waals surface area contributed by atoms with Crippen LogP contribution < -0.4 is 4.90 Å². The van der Waals surface area contributed by atoms with Gasteiger partial charge in [-0.3, -0.25) is 0 Å². The average Bonchev–Trinajstić information content (AvgIpc) is 2.45. The summed E-state index contributed by atoms with van der Waals surface area (Å²) in [6.07, 6.45) is 1.49. The van der Waals surface area contributed by atoms with Crippen LogP contribution in [0.2, 0.25) is 0 Å². The molecule has 0 unspecified atom stereocenters. The van der Waals surface area contributed by atoms with Crippen LogP contribution >= 0.6 is 0 Å². The van der Waals surface area contributed by atoms with Crippen molar-refractivity contribution in [3.8, 4) is 0 Å². The molecule has 1 amide bonds. The fourth-order valence-electron chi connectivity index (χ4n) is 2.95. The highest BCUT2D eigenvalue weighted by Crippen LogP contribution is 2.26. The Kier molecular flexibility index (Phi) is 5.17. The highest BCUT2D eigenvalue weighted by molar-refractivity contribution is 5.68. The van der Waals surface area contributed by atoms with Gasteiger partial charge in [0.1, 0.15) is 11.4 Å². The molecule has 0 bridgehead atoms. The lowest BCUT2D eigenvalue weighted by molar-refractivity contribution is 0.0201. The Hall–Kier alpha value is -1.78. The van der Waals surface area contributed by atoms with Gasteiger partial charge >= 0.3 is 6.09 Å². The van der Waals surface area contributed by atoms with Crippen molar-refractivity contribution >= 4 is 11.8 Å². The molecule has 0 spiro atoms. The zero-order chi connectivity index (χ0) is 17.2. The molecule has 0 saturated carbocycles. The lowest BCUT2D eigenvalue weighted by Crippen LogP contribution is -2.47. The number of carbonyl (C=O) groups excluding carboxylic acids is 1. The number of piperidine rings is 1. The van der Waals surface area contributed by atoms with Crippen LogP contribution in [0, 0.1) is 12.7 Å². The normalized spacial score (nSPS) is 16.3. The first-order chi connectivity index (χ1) is 10.7. The minimum Gasteiger partial charge on any atom is -0.444 e. The Morgan fingerprint density at radius 2 is 1.91 bits per heavy atom. The van der Waals surface area contributed by atoms with Crippen LogP contribution in [-0.4, -0.2) is 42.8 Å². The number of anilines is 1. The Balaban J connectivity index is 1.94. The lowest BCUT2D eigenvalue weighted by atomic mass is 10.0. The maximum atomic E-state index is 13.2. The summed E-state index contributed by atoms with van der Waals surface area (Å²) in [5.74, 6) is -0.203. The van der Waals surface area contributed by atoms with Crippen molar-refractivity contribution in [3.63, 3.8) is 0 Å². The minimum absolute atomic E-state index is 0.182. The summed E-state index contributed by atoms with van der Waals surface area (Å²) < 4.78 is 18.7. The molecule has 0 atom stereocenters. The van der Waals surface area contributed by atoms with E-state index in [1.165, 1.54) is 6.07 Å². The van der Waals surface area contributed by atoms with Gasteiger partial charge in [0.25, 0.3) is 0 Å². The number of benzene rings is 1. The monoisotopic (exact) mass is 322 g/mol. The Labute approximate surface area is 138 Å². The van der Waals surface area contributed by atoms with Crippen LogP contribution in [0.4, 0.5) is 14.9 Å². The highest BCUT2D eigenvalue weighted by Gasteiger charge is 2.28. The van der Waals surface area contributed by atoms with E-state index in [4.69, 9.17) is 4.74 Å². The third-order valence-electron chi connectivity index (χ3n) is 4.19. The summed E-state index contributed by atoms with van der Waals surface area (Å²) in [6.45, 7) is 9.25. The van der Waals surface area contributed by atoms with Crippen molar-refractivity contribution in [2.45, 2.75) is 52.2 Å². The van der Waals surface area contributed by atoms with Crippen molar-refractivity contribution in [1.29, 1.82) is 0 Å². The van der Waals surface area contributed by atoms with Gasteiger partial charge in [-0.1, -0.05) is 0 Å². The Morgan fingerprint density at radius 1 is 1.30 bits per heavy atom. The summed E-state index contributed by atoms with van der Waals surface area (Å²) >= 11 is 0. The first kappa shape index (κ1) is 17.6.